The van der Waals surface area contributed by atoms with E-state index in [2.05, 4.69) is 13.8 Å². The zero-order valence-corrected chi connectivity index (χ0v) is 15.9. The van der Waals surface area contributed by atoms with E-state index in [0.29, 0.717) is 31.9 Å². The predicted octanol–water partition coefficient (Wildman–Crippen LogP) is 3.90. The number of hydrogen-bond donors (Lipinski definition) is 0. The Morgan fingerprint density at radius 2 is 2.00 bits per heavy atom. The van der Waals surface area contributed by atoms with Crippen LogP contribution < -0.4 is 9.64 Å². The summed E-state index contributed by atoms with van der Waals surface area (Å²) in [4.78, 5) is 26.2. The van der Waals surface area contributed by atoms with Gasteiger partial charge < -0.3 is 14.4 Å². The van der Waals surface area contributed by atoms with Crippen molar-refractivity contribution in [2.24, 2.45) is 5.92 Å². The fraction of sp³-hybridized carbons (Fsp3) is 0.600. The van der Waals surface area contributed by atoms with Gasteiger partial charge in [0.2, 0.25) is 0 Å². The number of amides is 1. The monoisotopic (exact) mass is 347 g/mol. The number of hydrogen-bond acceptors (Lipinski definition) is 4. The minimum atomic E-state index is -0.491. The number of rotatable bonds is 7. The van der Waals surface area contributed by atoms with E-state index in [1.807, 2.05) is 32.0 Å². The van der Waals surface area contributed by atoms with Gasteiger partial charge in [0.05, 0.1) is 12.3 Å². The van der Waals surface area contributed by atoms with Crippen molar-refractivity contribution in [2.45, 2.75) is 59.5 Å². The molecule has 0 saturated carbocycles. The summed E-state index contributed by atoms with van der Waals surface area (Å²) in [6, 6.07) is 5.92. The molecule has 1 aromatic rings. The molecule has 0 saturated heterocycles. The van der Waals surface area contributed by atoms with Crippen molar-refractivity contribution in [1.29, 1.82) is 0 Å². The molecule has 1 aromatic carbocycles. The molecule has 1 atom stereocenters. The number of nitrogens with zero attached hydrogens (tertiary/aromatic N) is 1. The fourth-order valence-electron chi connectivity index (χ4n) is 3.05. The average molecular weight is 347 g/mol. The Morgan fingerprint density at radius 3 is 2.60 bits per heavy atom. The number of carbonyl (C=O) groups is 2. The van der Waals surface area contributed by atoms with E-state index in [0.717, 1.165) is 17.0 Å². The molecule has 0 radical (unpaired) electrons. The summed E-state index contributed by atoms with van der Waals surface area (Å²) >= 11 is 0. The molecule has 25 heavy (non-hydrogen) atoms. The molecular weight excluding hydrogens is 318 g/mol. The number of para-hydroxylation sites is 1. The van der Waals surface area contributed by atoms with Crippen LogP contribution >= 0.6 is 0 Å². The van der Waals surface area contributed by atoms with Crippen LogP contribution in [0.2, 0.25) is 0 Å². The Morgan fingerprint density at radius 1 is 1.28 bits per heavy atom. The van der Waals surface area contributed by atoms with Gasteiger partial charge in [-0.2, -0.15) is 0 Å². The molecule has 1 heterocycles. The van der Waals surface area contributed by atoms with Crippen LogP contribution in [0.4, 0.5) is 5.69 Å². The Hall–Kier alpha value is -2.04. The summed E-state index contributed by atoms with van der Waals surface area (Å²) < 4.78 is 11.1. The van der Waals surface area contributed by atoms with E-state index in [1.54, 1.807) is 11.8 Å². The second-order valence-electron chi connectivity index (χ2n) is 7.03. The maximum Gasteiger partial charge on any atom is 0.305 e. The minimum absolute atomic E-state index is 0.0349. The summed E-state index contributed by atoms with van der Waals surface area (Å²) in [7, 11) is 0. The maximum absolute atomic E-state index is 12.9. The molecular formula is C20H29NO4. The van der Waals surface area contributed by atoms with Gasteiger partial charge in [-0.05, 0) is 36.8 Å². The zero-order valence-electron chi connectivity index (χ0n) is 15.9. The first-order chi connectivity index (χ1) is 11.9. The minimum Gasteiger partial charge on any atom is -0.478 e. The summed E-state index contributed by atoms with van der Waals surface area (Å²) in [6.45, 7) is 10.9. The van der Waals surface area contributed by atoms with Gasteiger partial charge in [0, 0.05) is 13.0 Å². The van der Waals surface area contributed by atoms with Crippen LogP contribution in [0.25, 0.3) is 0 Å². The Kier molecular flexibility index (Phi) is 6.45. The van der Waals surface area contributed by atoms with Gasteiger partial charge in [-0.3, -0.25) is 9.59 Å². The molecule has 1 unspecified atom stereocenters. The molecule has 0 N–H and O–H groups in total. The lowest BCUT2D eigenvalue weighted by Gasteiger charge is -2.37. The Bertz CT molecular complexity index is 624. The third-order valence-corrected chi connectivity index (χ3v) is 4.37. The molecule has 5 nitrogen and oxygen atoms in total. The highest BCUT2D eigenvalue weighted by Crippen LogP contribution is 2.41. The highest BCUT2D eigenvalue weighted by molar-refractivity contribution is 6.00. The van der Waals surface area contributed by atoms with Crippen molar-refractivity contribution in [2.75, 3.05) is 18.1 Å². The van der Waals surface area contributed by atoms with Crippen molar-refractivity contribution < 1.29 is 19.1 Å². The molecule has 138 valence electrons. The van der Waals surface area contributed by atoms with Crippen LogP contribution in [-0.4, -0.2) is 31.1 Å². The van der Waals surface area contributed by atoms with E-state index >= 15 is 0 Å². The van der Waals surface area contributed by atoms with Gasteiger partial charge in [0.15, 0.2) is 6.10 Å². The van der Waals surface area contributed by atoms with Crippen LogP contribution in [0.1, 0.15) is 58.9 Å². The van der Waals surface area contributed by atoms with E-state index in [1.165, 1.54) is 0 Å². The van der Waals surface area contributed by atoms with Gasteiger partial charge in [0.25, 0.3) is 5.91 Å². The van der Waals surface area contributed by atoms with Gasteiger partial charge in [-0.25, -0.2) is 0 Å². The first-order valence-electron chi connectivity index (χ1n) is 9.13. The highest BCUT2D eigenvalue weighted by atomic mass is 16.5. The molecule has 0 spiro atoms. The van der Waals surface area contributed by atoms with Crippen molar-refractivity contribution >= 4 is 17.6 Å². The van der Waals surface area contributed by atoms with Gasteiger partial charge in [0.1, 0.15) is 5.75 Å². The molecule has 2 rings (SSSR count). The third-order valence-electron chi connectivity index (χ3n) is 4.37. The second kappa shape index (κ2) is 8.37. The second-order valence-corrected chi connectivity index (χ2v) is 7.03. The SMILES string of the molecule is CCOC(=O)CCCN1C(=O)C(C(C)C)Oc2c(C(C)C)cccc21. The highest BCUT2D eigenvalue weighted by Gasteiger charge is 2.37. The van der Waals surface area contributed by atoms with E-state index in [4.69, 9.17) is 9.47 Å². The van der Waals surface area contributed by atoms with Crippen molar-refractivity contribution in [3.05, 3.63) is 23.8 Å². The molecule has 5 heteroatoms. The molecule has 0 fully saturated rings. The van der Waals surface area contributed by atoms with E-state index in [-0.39, 0.29) is 17.8 Å². The topological polar surface area (TPSA) is 55.8 Å². The largest absolute Gasteiger partial charge is 0.478 e. The average Bonchev–Trinajstić information content (AvgIpc) is 2.55. The van der Waals surface area contributed by atoms with Crippen molar-refractivity contribution in [3.8, 4) is 5.75 Å². The molecule has 1 aliphatic heterocycles. The first-order valence-corrected chi connectivity index (χ1v) is 9.13. The van der Waals surface area contributed by atoms with E-state index in [9.17, 15) is 9.59 Å². The summed E-state index contributed by atoms with van der Waals surface area (Å²) in [6.07, 6.45) is 0.389. The van der Waals surface area contributed by atoms with Crippen LogP contribution in [0.15, 0.2) is 18.2 Å². The number of carbonyl (C=O) groups excluding carboxylic acids is 2. The Labute approximate surface area is 150 Å². The predicted molar refractivity (Wildman–Crippen MR) is 98.0 cm³/mol. The molecule has 1 amide bonds. The fourth-order valence-corrected chi connectivity index (χ4v) is 3.05. The smallest absolute Gasteiger partial charge is 0.305 e. The maximum atomic E-state index is 12.9. The van der Waals surface area contributed by atoms with Crippen molar-refractivity contribution in [1.82, 2.24) is 0 Å². The lowest BCUT2D eigenvalue weighted by atomic mass is 9.97. The standard InChI is InChI=1S/C20H29NO4/c1-6-24-17(22)11-8-12-21-16-10-7-9-15(13(2)3)19(16)25-18(14(4)5)20(21)23/h7,9-10,13-14,18H,6,8,11-12H2,1-5H3. The third kappa shape index (κ3) is 4.33. The van der Waals surface area contributed by atoms with Crippen molar-refractivity contribution in [3.63, 3.8) is 0 Å². The molecule has 0 aliphatic carbocycles. The number of esters is 1. The van der Waals surface area contributed by atoms with Crippen LogP contribution in [0, 0.1) is 5.92 Å². The number of fused-ring (bicyclic) bond motifs is 1. The molecule has 0 aromatic heterocycles. The number of anilines is 1. The first kappa shape index (κ1) is 19.3. The zero-order chi connectivity index (χ0) is 18.6. The normalized spacial score (nSPS) is 16.8. The quantitative estimate of drug-likeness (QED) is 0.702. The molecule has 1 aliphatic rings. The number of ether oxygens (including phenoxy) is 2. The number of benzene rings is 1. The van der Waals surface area contributed by atoms with Crippen LogP contribution in [0.5, 0.6) is 5.75 Å². The van der Waals surface area contributed by atoms with E-state index < -0.39 is 6.10 Å². The van der Waals surface area contributed by atoms with Gasteiger partial charge in [-0.15, -0.1) is 0 Å². The van der Waals surface area contributed by atoms with Crippen LogP contribution in [0.3, 0.4) is 0 Å². The lowest BCUT2D eigenvalue weighted by Crippen LogP contribution is -2.49. The van der Waals surface area contributed by atoms with Gasteiger partial charge >= 0.3 is 5.97 Å². The summed E-state index contributed by atoms with van der Waals surface area (Å²) in [5.41, 5.74) is 1.91. The summed E-state index contributed by atoms with van der Waals surface area (Å²) in [5.74, 6) is 0.921. The lowest BCUT2D eigenvalue weighted by molar-refractivity contribution is -0.143. The summed E-state index contributed by atoms with van der Waals surface area (Å²) in [5, 5.41) is 0. The van der Waals surface area contributed by atoms with Crippen LogP contribution in [-0.2, 0) is 14.3 Å². The Balaban J connectivity index is 2.27. The molecule has 0 bridgehead atoms. The van der Waals surface area contributed by atoms with Gasteiger partial charge in [-0.1, -0.05) is 39.8 Å².